The Balaban J connectivity index is 1.56. The van der Waals surface area contributed by atoms with E-state index in [-0.39, 0.29) is 18.5 Å². The summed E-state index contributed by atoms with van der Waals surface area (Å²) in [6, 6.07) is 18.3. The van der Waals surface area contributed by atoms with Crippen molar-refractivity contribution in [1.82, 2.24) is 10.6 Å². The van der Waals surface area contributed by atoms with Gasteiger partial charge in [0.25, 0.3) is 0 Å². The molecule has 24 heavy (non-hydrogen) atoms. The number of cyclic esters (lactones) is 1. The van der Waals surface area contributed by atoms with Crippen LogP contribution in [0.2, 0.25) is 0 Å². The van der Waals surface area contributed by atoms with E-state index in [0.717, 1.165) is 11.1 Å². The minimum absolute atomic E-state index is 0.0603. The van der Waals surface area contributed by atoms with Crippen LogP contribution in [-0.2, 0) is 27.3 Å². The van der Waals surface area contributed by atoms with Gasteiger partial charge >= 0.3 is 5.97 Å². The van der Waals surface area contributed by atoms with Crippen LogP contribution in [0.15, 0.2) is 60.7 Å². The summed E-state index contributed by atoms with van der Waals surface area (Å²) in [6.07, 6.45) is 0.502. The molecule has 0 saturated carbocycles. The van der Waals surface area contributed by atoms with Gasteiger partial charge in [-0.1, -0.05) is 60.7 Å². The Morgan fingerprint density at radius 1 is 1.04 bits per heavy atom. The molecule has 3 rings (SSSR count). The van der Waals surface area contributed by atoms with Crippen LogP contribution in [0.5, 0.6) is 0 Å². The second kappa shape index (κ2) is 7.75. The second-order valence-corrected chi connectivity index (χ2v) is 5.80. The SMILES string of the molecule is O=C(NCc1ccccc1)[C@@H]1COC(=O)[C@H](Cc2ccccc2)N1. The summed E-state index contributed by atoms with van der Waals surface area (Å²) in [6.45, 7) is 0.514. The summed E-state index contributed by atoms with van der Waals surface area (Å²) in [7, 11) is 0. The molecule has 0 radical (unpaired) electrons. The van der Waals surface area contributed by atoms with Crippen molar-refractivity contribution in [2.45, 2.75) is 25.0 Å². The fourth-order valence-corrected chi connectivity index (χ4v) is 2.68. The highest BCUT2D eigenvalue weighted by Gasteiger charge is 2.33. The van der Waals surface area contributed by atoms with Crippen molar-refractivity contribution in [2.75, 3.05) is 6.61 Å². The van der Waals surface area contributed by atoms with E-state index in [0.29, 0.717) is 13.0 Å². The fraction of sp³-hybridized carbons (Fsp3) is 0.263. The lowest BCUT2D eigenvalue weighted by atomic mass is 10.0. The Labute approximate surface area is 141 Å². The van der Waals surface area contributed by atoms with Crippen LogP contribution in [0.25, 0.3) is 0 Å². The van der Waals surface area contributed by atoms with E-state index in [9.17, 15) is 9.59 Å². The lowest BCUT2D eigenvalue weighted by molar-refractivity contribution is -0.153. The van der Waals surface area contributed by atoms with Crippen molar-refractivity contribution in [3.05, 3.63) is 71.8 Å². The van der Waals surface area contributed by atoms with Crippen LogP contribution < -0.4 is 10.6 Å². The summed E-state index contributed by atoms with van der Waals surface area (Å²) >= 11 is 0. The fourth-order valence-electron chi connectivity index (χ4n) is 2.68. The van der Waals surface area contributed by atoms with Crippen LogP contribution in [0.1, 0.15) is 11.1 Å². The van der Waals surface area contributed by atoms with E-state index in [1.807, 2.05) is 60.7 Å². The Hall–Kier alpha value is -2.66. The normalized spacial score (nSPS) is 20.2. The second-order valence-electron chi connectivity index (χ2n) is 5.80. The summed E-state index contributed by atoms with van der Waals surface area (Å²) in [4.78, 5) is 24.2. The molecule has 2 atom stereocenters. The molecule has 0 aliphatic carbocycles. The largest absolute Gasteiger partial charge is 0.462 e. The van der Waals surface area contributed by atoms with Gasteiger partial charge in [-0.05, 0) is 17.5 Å². The number of amides is 1. The molecule has 2 aromatic rings. The van der Waals surface area contributed by atoms with Crippen molar-refractivity contribution in [2.24, 2.45) is 0 Å². The van der Waals surface area contributed by atoms with Gasteiger partial charge < -0.3 is 10.1 Å². The number of esters is 1. The van der Waals surface area contributed by atoms with Gasteiger partial charge in [0.05, 0.1) is 0 Å². The molecule has 2 aromatic carbocycles. The van der Waals surface area contributed by atoms with Gasteiger partial charge in [0.1, 0.15) is 18.7 Å². The van der Waals surface area contributed by atoms with Crippen molar-refractivity contribution in [3.63, 3.8) is 0 Å². The zero-order valence-electron chi connectivity index (χ0n) is 13.3. The molecule has 1 fully saturated rings. The molecule has 0 aromatic heterocycles. The lowest BCUT2D eigenvalue weighted by Crippen LogP contribution is -2.58. The summed E-state index contributed by atoms with van der Waals surface area (Å²) < 4.78 is 5.19. The first-order valence-electron chi connectivity index (χ1n) is 8.00. The molecule has 0 unspecified atom stereocenters. The minimum atomic E-state index is -0.528. The third-order valence-corrected chi connectivity index (χ3v) is 3.99. The average Bonchev–Trinajstić information content (AvgIpc) is 2.63. The number of morpholine rings is 1. The van der Waals surface area contributed by atoms with E-state index < -0.39 is 12.1 Å². The molecule has 1 saturated heterocycles. The zero-order chi connectivity index (χ0) is 16.8. The van der Waals surface area contributed by atoms with Gasteiger partial charge in [-0.3, -0.25) is 14.9 Å². The van der Waals surface area contributed by atoms with Gasteiger partial charge in [-0.15, -0.1) is 0 Å². The quantitative estimate of drug-likeness (QED) is 0.817. The maximum atomic E-state index is 12.3. The van der Waals surface area contributed by atoms with E-state index in [1.54, 1.807) is 0 Å². The standard InChI is InChI=1S/C19H20N2O3/c22-18(20-12-15-9-5-2-6-10-15)17-13-24-19(23)16(21-17)11-14-7-3-1-4-8-14/h1-10,16-17,21H,11-13H2,(H,20,22)/t16-,17-/m0/s1. The molecular formula is C19H20N2O3. The number of ether oxygens (including phenoxy) is 1. The van der Waals surface area contributed by atoms with Crippen LogP contribution in [0, 0.1) is 0 Å². The van der Waals surface area contributed by atoms with Crippen LogP contribution in [0.4, 0.5) is 0 Å². The Kier molecular flexibility index (Phi) is 5.23. The maximum Gasteiger partial charge on any atom is 0.323 e. The monoisotopic (exact) mass is 324 g/mol. The Morgan fingerprint density at radius 2 is 1.67 bits per heavy atom. The predicted octanol–water partition coefficient (Wildman–Crippen LogP) is 1.43. The first kappa shape index (κ1) is 16.2. The smallest absolute Gasteiger partial charge is 0.323 e. The molecule has 2 N–H and O–H groups in total. The number of nitrogens with one attached hydrogen (secondary N) is 2. The number of carbonyl (C=O) groups is 2. The van der Waals surface area contributed by atoms with Crippen LogP contribution in [-0.4, -0.2) is 30.6 Å². The van der Waals surface area contributed by atoms with Crippen molar-refractivity contribution >= 4 is 11.9 Å². The number of benzene rings is 2. The summed E-state index contributed by atoms with van der Waals surface area (Å²) in [5.41, 5.74) is 2.05. The van der Waals surface area contributed by atoms with Crippen LogP contribution in [0.3, 0.4) is 0 Å². The van der Waals surface area contributed by atoms with Gasteiger partial charge in [0.15, 0.2) is 0 Å². The molecule has 1 amide bonds. The predicted molar refractivity (Wildman–Crippen MR) is 90.1 cm³/mol. The molecule has 1 heterocycles. The lowest BCUT2D eigenvalue weighted by Gasteiger charge is -2.29. The molecule has 5 nitrogen and oxygen atoms in total. The third-order valence-electron chi connectivity index (χ3n) is 3.99. The van der Waals surface area contributed by atoms with Crippen LogP contribution >= 0.6 is 0 Å². The molecule has 1 aliphatic heterocycles. The summed E-state index contributed by atoms with van der Waals surface area (Å²) in [5, 5.41) is 5.98. The number of rotatable bonds is 5. The molecule has 0 bridgehead atoms. The number of carbonyl (C=O) groups excluding carboxylic acids is 2. The van der Waals surface area contributed by atoms with E-state index in [2.05, 4.69) is 10.6 Å². The highest BCUT2D eigenvalue weighted by Crippen LogP contribution is 2.10. The van der Waals surface area contributed by atoms with Crippen molar-refractivity contribution < 1.29 is 14.3 Å². The first-order valence-corrected chi connectivity index (χ1v) is 8.00. The summed E-state index contributed by atoms with van der Waals surface area (Å²) in [5.74, 6) is -0.477. The number of hydrogen-bond acceptors (Lipinski definition) is 4. The average molecular weight is 324 g/mol. The Morgan fingerprint density at radius 3 is 2.33 bits per heavy atom. The van der Waals surface area contributed by atoms with Gasteiger partial charge in [-0.2, -0.15) is 0 Å². The first-order chi connectivity index (χ1) is 11.7. The molecule has 1 aliphatic rings. The van der Waals surface area contributed by atoms with E-state index >= 15 is 0 Å². The van der Waals surface area contributed by atoms with E-state index in [4.69, 9.17) is 4.74 Å². The van der Waals surface area contributed by atoms with E-state index in [1.165, 1.54) is 0 Å². The van der Waals surface area contributed by atoms with Crippen molar-refractivity contribution in [3.8, 4) is 0 Å². The van der Waals surface area contributed by atoms with Gasteiger partial charge in [-0.25, -0.2) is 0 Å². The molecular weight excluding hydrogens is 304 g/mol. The van der Waals surface area contributed by atoms with Gasteiger partial charge in [0, 0.05) is 6.54 Å². The van der Waals surface area contributed by atoms with Gasteiger partial charge in [0.2, 0.25) is 5.91 Å². The highest BCUT2D eigenvalue weighted by atomic mass is 16.5. The third kappa shape index (κ3) is 4.20. The van der Waals surface area contributed by atoms with Crippen molar-refractivity contribution in [1.29, 1.82) is 0 Å². The highest BCUT2D eigenvalue weighted by molar-refractivity contribution is 5.85. The molecule has 124 valence electrons. The Bertz CT molecular complexity index is 688. The topological polar surface area (TPSA) is 67.4 Å². The molecule has 0 spiro atoms. The minimum Gasteiger partial charge on any atom is -0.462 e. The maximum absolute atomic E-state index is 12.3. The molecule has 5 heteroatoms. The zero-order valence-corrected chi connectivity index (χ0v) is 13.3. The number of hydrogen-bond donors (Lipinski definition) is 2.